The quantitative estimate of drug-likeness (QED) is 0.830. The van der Waals surface area contributed by atoms with Crippen molar-refractivity contribution in [1.82, 2.24) is 0 Å². The zero-order valence-corrected chi connectivity index (χ0v) is 11.7. The van der Waals surface area contributed by atoms with E-state index in [0.29, 0.717) is 11.3 Å². The molecule has 0 saturated heterocycles. The van der Waals surface area contributed by atoms with Crippen LogP contribution in [0, 0.1) is 0 Å². The van der Waals surface area contributed by atoms with E-state index in [9.17, 15) is 9.59 Å². The summed E-state index contributed by atoms with van der Waals surface area (Å²) in [6, 6.07) is 8.21. The van der Waals surface area contributed by atoms with Gasteiger partial charge in [0.25, 0.3) is 0 Å². The van der Waals surface area contributed by atoms with E-state index in [0.717, 1.165) is 37.5 Å². The molecule has 0 radical (unpaired) electrons. The molecular weight excluding hydrogens is 268 g/mol. The molecule has 1 amide bonds. The number of hydrogen-bond acceptors (Lipinski definition) is 4. The molecule has 1 fully saturated rings. The van der Waals surface area contributed by atoms with Gasteiger partial charge in [-0.15, -0.1) is 0 Å². The maximum Gasteiger partial charge on any atom is 0.336 e. The first-order chi connectivity index (χ1) is 10.1. The minimum atomic E-state index is -0.767. The fraction of sp³-hybridized carbons (Fsp3) is 0.375. The number of anilines is 1. The predicted molar refractivity (Wildman–Crippen MR) is 81.1 cm³/mol. The van der Waals surface area contributed by atoms with Crippen LogP contribution in [0.15, 0.2) is 39.5 Å². The maximum absolute atomic E-state index is 12.4. The largest absolute Gasteiger partial charge is 0.423 e. The van der Waals surface area contributed by atoms with Crippen LogP contribution in [0.25, 0.3) is 11.0 Å². The second-order valence-electron chi connectivity index (χ2n) is 5.68. The molecule has 5 nitrogen and oxygen atoms in total. The van der Waals surface area contributed by atoms with Crippen LogP contribution in [0.3, 0.4) is 0 Å². The summed E-state index contributed by atoms with van der Waals surface area (Å²) in [6.07, 6.45) is 4.57. The average molecular weight is 286 g/mol. The second kappa shape index (κ2) is 5.33. The summed E-state index contributed by atoms with van der Waals surface area (Å²) in [4.78, 5) is 23.5. The Labute approximate surface area is 122 Å². The van der Waals surface area contributed by atoms with E-state index in [2.05, 4.69) is 5.32 Å². The zero-order chi connectivity index (χ0) is 14.9. The standard InChI is InChI=1S/C16H18N2O3/c17-16(8-2-1-3-9-16)15(20)18-12-5-6-13-11(10-12)4-7-14(19)21-13/h4-7,10H,1-3,8-9,17H2,(H,18,20). The first kappa shape index (κ1) is 13.8. The molecule has 1 saturated carbocycles. The van der Waals surface area contributed by atoms with Gasteiger partial charge in [-0.25, -0.2) is 4.79 Å². The lowest BCUT2D eigenvalue weighted by molar-refractivity contribution is -0.122. The fourth-order valence-electron chi connectivity index (χ4n) is 2.81. The molecule has 2 aromatic rings. The molecule has 21 heavy (non-hydrogen) atoms. The molecule has 0 spiro atoms. The second-order valence-corrected chi connectivity index (χ2v) is 5.68. The summed E-state index contributed by atoms with van der Waals surface area (Å²) < 4.78 is 5.06. The molecule has 1 aromatic heterocycles. The number of nitrogens with one attached hydrogen (secondary N) is 1. The van der Waals surface area contributed by atoms with Crippen molar-refractivity contribution in [2.45, 2.75) is 37.6 Å². The monoisotopic (exact) mass is 286 g/mol. The molecule has 3 N–H and O–H groups in total. The topological polar surface area (TPSA) is 85.3 Å². The SMILES string of the molecule is NC1(C(=O)Nc2ccc3oc(=O)ccc3c2)CCCCC1. The van der Waals surface area contributed by atoms with Gasteiger partial charge in [-0.3, -0.25) is 4.79 Å². The third-order valence-electron chi connectivity index (χ3n) is 4.08. The molecule has 110 valence electrons. The molecular formula is C16H18N2O3. The molecule has 1 heterocycles. The van der Waals surface area contributed by atoms with Crippen LogP contribution in [-0.4, -0.2) is 11.4 Å². The Kier molecular flexibility index (Phi) is 3.51. The number of benzene rings is 1. The highest BCUT2D eigenvalue weighted by atomic mass is 16.4. The number of carbonyl (C=O) groups excluding carboxylic acids is 1. The van der Waals surface area contributed by atoms with Gasteiger partial charge in [0, 0.05) is 17.1 Å². The number of rotatable bonds is 2. The van der Waals surface area contributed by atoms with E-state index in [1.165, 1.54) is 6.07 Å². The lowest BCUT2D eigenvalue weighted by Gasteiger charge is -2.31. The third kappa shape index (κ3) is 2.83. The number of nitrogens with two attached hydrogens (primary N) is 1. The maximum atomic E-state index is 12.4. The van der Waals surface area contributed by atoms with Crippen molar-refractivity contribution >= 4 is 22.6 Å². The summed E-state index contributed by atoms with van der Waals surface area (Å²) >= 11 is 0. The van der Waals surface area contributed by atoms with E-state index >= 15 is 0 Å². The first-order valence-corrected chi connectivity index (χ1v) is 7.21. The van der Waals surface area contributed by atoms with Crippen LogP contribution in [0.2, 0.25) is 0 Å². The Morgan fingerprint density at radius 3 is 2.67 bits per heavy atom. The Morgan fingerprint density at radius 2 is 1.90 bits per heavy atom. The van der Waals surface area contributed by atoms with Crippen molar-refractivity contribution in [3.63, 3.8) is 0 Å². The Balaban J connectivity index is 1.82. The van der Waals surface area contributed by atoms with E-state index in [4.69, 9.17) is 10.2 Å². The average Bonchev–Trinajstić information content (AvgIpc) is 2.48. The van der Waals surface area contributed by atoms with Crippen molar-refractivity contribution in [1.29, 1.82) is 0 Å². The molecule has 0 atom stereocenters. The molecule has 1 aliphatic carbocycles. The van der Waals surface area contributed by atoms with Gasteiger partial charge < -0.3 is 15.5 Å². The van der Waals surface area contributed by atoms with Crippen molar-refractivity contribution in [3.8, 4) is 0 Å². The molecule has 3 rings (SSSR count). The summed E-state index contributed by atoms with van der Waals surface area (Å²) in [5.74, 6) is -0.140. The van der Waals surface area contributed by atoms with Gasteiger partial charge in [-0.1, -0.05) is 19.3 Å². The molecule has 1 aromatic carbocycles. The minimum absolute atomic E-state index is 0.140. The van der Waals surface area contributed by atoms with Crippen LogP contribution in [0.4, 0.5) is 5.69 Å². The van der Waals surface area contributed by atoms with Gasteiger partial charge in [0.1, 0.15) is 5.58 Å². The normalized spacial score (nSPS) is 17.6. The number of hydrogen-bond donors (Lipinski definition) is 2. The van der Waals surface area contributed by atoms with Gasteiger partial charge in [-0.2, -0.15) is 0 Å². The minimum Gasteiger partial charge on any atom is -0.423 e. The highest BCUT2D eigenvalue weighted by Gasteiger charge is 2.35. The molecule has 0 aliphatic heterocycles. The predicted octanol–water partition coefficient (Wildman–Crippen LogP) is 2.39. The van der Waals surface area contributed by atoms with Crippen LogP contribution in [0.5, 0.6) is 0 Å². The number of carbonyl (C=O) groups is 1. The Hall–Kier alpha value is -2.14. The molecule has 0 bridgehead atoms. The summed E-state index contributed by atoms with van der Waals surface area (Å²) in [7, 11) is 0. The van der Waals surface area contributed by atoms with Crippen molar-refractivity contribution in [2.75, 3.05) is 5.32 Å². The molecule has 1 aliphatic rings. The highest BCUT2D eigenvalue weighted by molar-refractivity contribution is 5.99. The fourth-order valence-corrected chi connectivity index (χ4v) is 2.81. The summed E-state index contributed by atoms with van der Waals surface area (Å²) in [6.45, 7) is 0. The Bertz CT molecular complexity index is 730. The Morgan fingerprint density at radius 1 is 1.14 bits per heavy atom. The molecule has 0 unspecified atom stereocenters. The smallest absolute Gasteiger partial charge is 0.336 e. The first-order valence-electron chi connectivity index (χ1n) is 7.21. The van der Waals surface area contributed by atoms with Crippen molar-refractivity contribution in [3.05, 3.63) is 40.8 Å². The van der Waals surface area contributed by atoms with Gasteiger partial charge in [0.2, 0.25) is 5.91 Å². The third-order valence-corrected chi connectivity index (χ3v) is 4.08. The lowest BCUT2D eigenvalue weighted by Crippen LogP contribution is -2.52. The van der Waals surface area contributed by atoms with E-state index in [1.54, 1.807) is 24.3 Å². The van der Waals surface area contributed by atoms with Crippen LogP contribution in [0.1, 0.15) is 32.1 Å². The summed E-state index contributed by atoms with van der Waals surface area (Å²) in [5.41, 5.74) is 6.22. The van der Waals surface area contributed by atoms with Gasteiger partial charge >= 0.3 is 5.63 Å². The van der Waals surface area contributed by atoms with Crippen LogP contribution < -0.4 is 16.7 Å². The van der Waals surface area contributed by atoms with Crippen LogP contribution >= 0.6 is 0 Å². The van der Waals surface area contributed by atoms with E-state index < -0.39 is 5.54 Å². The highest BCUT2D eigenvalue weighted by Crippen LogP contribution is 2.27. The van der Waals surface area contributed by atoms with E-state index in [1.807, 2.05) is 0 Å². The zero-order valence-electron chi connectivity index (χ0n) is 11.7. The lowest BCUT2D eigenvalue weighted by atomic mass is 9.82. The van der Waals surface area contributed by atoms with Gasteiger partial charge in [0.05, 0.1) is 5.54 Å². The molecule has 5 heteroatoms. The summed E-state index contributed by atoms with van der Waals surface area (Å²) in [5, 5.41) is 3.64. The van der Waals surface area contributed by atoms with Crippen LogP contribution in [-0.2, 0) is 4.79 Å². The van der Waals surface area contributed by atoms with Gasteiger partial charge in [0.15, 0.2) is 0 Å². The number of amides is 1. The van der Waals surface area contributed by atoms with Gasteiger partial charge in [-0.05, 0) is 37.1 Å². The van der Waals surface area contributed by atoms with E-state index in [-0.39, 0.29) is 11.5 Å². The van der Waals surface area contributed by atoms with Crippen molar-refractivity contribution < 1.29 is 9.21 Å². The number of fused-ring (bicyclic) bond motifs is 1. The van der Waals surface area contributed by atoms with Crippen molar-refractivity contribution in [2.24, 2.45) is 5.73 Å².